The lowest BCUT2D eigenvalue weighted by Crippen LogP contribution is -2.25. The van der Waals surface area contributed by atoms with E-state index in [1.807, 2.05) is 12.3 Å². The van der Waals surface area contributed by atoms with E-state index in [4.69, 9.17) is 0 Å². The van der Waals surface area contributed by atoms with E-state index in [0.717, 1.165) is 6.42 Å². The van der Waals surface area contributed by atoms with E-state index in [1.165, 1.54) is 24.3 Å². The SMILES string of the molecule is CN1CCCc2ncccc21. The van der Waals surface area contributed by atoms with Crippen molar-refractivity contribution >= 4 is 5.69 Å². The van der Waals surface area contributed by atoms with Gasteiger partial charge in [0, 0.05) is 19.8 Å². The number of hydrogen-bond acceptors (Lipinski definition) is 2. The lowest BCUT2D eigenvalue weighted by molar-refractivity contribution is 0.725. The first kappa shape index (κ1) is 6.65. The Morgan fingerprint density at radius 1 is 1.55 bits per heavy atom. The summed E-state index contributed by atoms with van der Waals surface area (Å²) in [7, 11) is 2.12. The molecule has 2 heterocycles. The van der Waals surface area contributed by atoms with Gasteiger partial charge >= 0.3 is 0 Å². The summed E-state index contributed by atoms with van der Waals surface area (Å²) in [4.78, 5) is 6.60. The smallest absolute Gasteiger partial charge is 0.0637 e. The van der Waals surface area contributed by atoms with Gasteiger partial charge in [-0.25, -0.2) is 0 Å². The monoisotopic (exact) mass is 148 g/mol. The fourth-order valence-electron chi connectivity index (χ4n) is 1.57. The molecule has 0 atom stereocenters. The molecule has 1 aliphatic heterocycles. The number of fused-ring (bicyclic) bond motifs is 1. The second-order valence-electron chi connectivity index (χ2n) is 2.99. The van der Waals surface area contributed by atoms with Crippen molar-refractivity contribution in [3.8, 4) is 0 Å². The molecule has 1 aliphatic rings. The van der Waals surface area contributed by atoms with Crippen molar-refractivity contribution < 1.29 is 0 Å². The van der Waals surface area contributed by atoms with Gasteiger partial charge in [0.15, 0.2) is 0 Å². The van der Waals surface area contributed by atoms with Crippen molar-refractivity contribution in [1.82, 2.24) is 4.98 Å². The quantitative estimate of drug-likeness (QED) is 0.553. The molecule has 0 unspecified atom stereocenters. The highest BCUT2D eigenvalue weighted by molar-refractivity contribution is 5.51. The van der Waals surface area contributed by atoms with Gasteiger partial charge in [-0.3, -0.25) is 4.98 Å². The number of nitrogens with zero attached hydrogens (tertiary/aromatic N) is 2. The summed E-state index contributed by atoms with van der Waals surface area (Å²) >= 11 is 0. The minimum atomic E-state index is 1.14. The van der Waals surface area contributed by atoms with Crippen LogP contribution in [0.1, 0.15) is 12.1 Å². The molecule has 11 heavy (non-hydrogen) atoms. The number of pyridine rings is 1. The third-order valence-electron chi connectivity index (χ3n) is 2.18. The predicted octanol–water partition coefficient (Wildman–Crippen LogP) is 1.46. The average Bonchev–Trinajstić information content (AvgIpc) is 2.06. The maximum Gasteiger partial charge on any atom is 0.0637 e. The number of aryl methyl sites for hydroxylation is 1. The van der Waals surface area contributed by atoms with Crippen molar-refractivity contribution in [2.24, 2.45) is 0 Å². The highest BCUT2D eigenvalue weighted by atomic mass is 15.1. The maximum atomic E-state index is 4.33. The first-order chi connectivity index (χ1) is 5.38. The Labute approximate surface area is 66.9 Å². The second kappa shape index (κ2) is 2.53. The van der Waals surface area contributed by atoms with E-state index < -0.39 is 0 Å². The van der Waals surface area contributed by atoms with Crippen LogP contribution in [0.4, 0.5) is 5.69 Å². The van der Waals surface area contributed by atoms with Crippen LogP contribution in [0, 0.1) is 0 Å². The summed E-state index contributed by atoms with van der Waals surface area (Å²) in [5, 5.41) is 0. The standard InChI is InChI=1S/C9H12N2/c1-11-7-3-4-8-9(11)5-2-6-10-8/h2,5-6H,3-4,7H2,1H3. The molecule has 0 bridgehead atoms. The van der Waals surface area contributed by atoms with Crippen LogP contribution in [-0.4, -0.2) is 18.6 Å². The van der Waals surface area contributed by atoms with Gasteiger partial charge in [0.1, 0.15) is 0 Å². The normalized spacial score (nSPS) is 16.3. The molecule has 1 aromatic rings. The number of aromatic nitrogens is 1. The van der Waals surface area contributed by atoms with Gasteiger partial charge in [-0.15, -0.1) is 0 Å². The molecule has 0 fully saturated rings. The van der Waals surface area contributed by atoms with E-state index in [1.54, 1.807) is 0 Å². The zero-order valence-electron chi connectivity index (χ0n) is 6.75. The molecule has 58 valence electrons. The molecule has 2 heteroatoms. The summed E-state index contributed by atoms with van der Waals surface area (Å²) in [5.74, 6) is 0. The maximum absolute atomic E-state index is 4.33. The van der Waals surface area contributed by atoms with Crippen LogP contribution < -0.4 is 4.90 Å². The molecule has 1 aromatic heterocycles. The number of anilines is 1. The van der Waals surface area contributed by atoms with Gasteiger partial charge in [0.25, 0.3) is 0 Å². The fourth-order valence-corrected chi connectivity index (χ4v) is 1.57. The molecule has 0 saturated heterocycles. The van der Waals surface area contributed by atoms with Crippen LogP contribution in [0.25, 0.3) is 0 Å². The Morgan fingerprint density at radius 3 is 3.27 bits per heavy atom. The Balaban J connectivity index is 2.44. The molecule has 0 spiro atoms. The number of rotatable bonds is 0. The molecule has 0 aromatic carbocycles. The van der Waals surface area contributed by atoms with Gasteiger partial charge in [-0.2, -0.15) is 0 Å². The van der Waals surface area contributed by atoms with Crippen molar-refractivity contribution in [3.05, 3.63) is 24.0 Å². The lowest BCUT2D eigenvalue weighted by atomic mass is 10.1. The van der Waals surface area contributed by atoms with Crippen LogP contribution in [0.3, 0.4) is 0 Å². The summed E-state index contributed by atoms with van der Waals surface area (Å²) < 4.78 is 0. The summed E-state index contributed by atoms with van der Waals surface area (Å²) in [6, 6.07) is 4.14. The van der Waals surface area contributed by atoms with Crippen molar-refractivity contribution in [2.75, 3.05) is 18.5 Å². The topological polar surface area (TPSA) is 16.1 Å². The Bertz CT molecular complexity index is 257. The molecule has 0 N–H and O–H groups in total. The first-order valence-corrected chi connectivity index (χ1v) is 4.03. The molecule has 0 saturated carbocycles. The van der Waals surface area contributed by atoms with E-state index in [-0.39, 0.29) is 0 Å². The first-order valence-electron chi connectivity index (χ1n) is 4.03. The zero-order chi connectivity index (χ0) is 7.68. The third-order valence-corrected chi connectivity index (χ3v) is 2.18. The van der Waals surface area contributed by atoms with Crippen LogP contribution in [0.2, 0.25) is 0 Å². The zero-order valence-corrected chi connectivity index (χ0v) is 6.75. The molecule has 2 rings (SSSR count). The molecule has 0 amide bonds. The van der Waals surface area contributed by atoms with Crippen molar-refractivity contribution in [3.63, 3.8) is 0 Å². The summed E-state index contributed by atoms with van der Waals surface area (Å²) in [5.41, 5.74) is 2.56. The van der Waals surface area contributed by atoms with Crippen molar-refractivity contribution in [1.29, 1.82) is 0 Å². The highest BCUT2D eigenvalue weighted by Gasteiger charge is 2.12. The Hall–Kier alpha value is -1.05. The van der Waals surface area contributed by atoms with E-state index in [0.29, 0.717) is 0 Å². The Morgan fingerprint density at radius 2 is 2.45 bits per heavy atom. The van der Waals surface area contributed by atoms with Crippen molar-refractivity contribution in [2.45, 2.75) is 12.8 Å². The molecular weight excluding hydrogens is 136 g/mol. The van der Waals surface area contributed by atoms with Crippen LogP contribution in [-0.2, 0) is 6.42 Å². The van der Waals surface area contributed by atoms with Gasteiger partial charge in [-0.05, 0) is 25.0 Å². The minimum Gasteiger partial charge on any atom is -0.373 e. The minimum absolute atomic E-state index is 1.14. The molecular formula is C9H12N2. The van der Waals surface area contributed by atoms with Crippen LogP contribution in [0.5, 0.6) is 0 Å². The molecule has 0 radical (unpaired) electrons. The van der Waals surface area contributed by atoms with Gasteiger partial charge in [-0.1, -0.05) is 0 Å². The summed E-state index contributed by atoms with van der Waals surface area (Å²) in [6.45, 7) is 1.17. The predicted molar refractivity (Wildman–Crippen MR) is 45.8 cm³/mol. The van der Waals surface area contributed by atoms with Gasteiger partial charge in [0.2, 0.25) is 0 Å². The second-order valence-corrected chi connectivity index (χ2v) is 2.99. The fraction of sp³-hybridized carbons (Fsp3) is 0.444. The third kappa shape index (κ3) is 1.09. The van der Waals surface area contributed by atoms with Crippen LogP contribution in [0.15, 0.2) is 18.3 Å². The van der Waals surface area contributed by atoms with E-state index >= 15 is 0 Å². The average molecular weight is 148 g/mol. The van der Waals surface area contributed by atoms with E-state index in [2.05, 4.69) is 23.0 Å². The van der Waals surface area contributed by atoms with Gasteiger partial charge < -0.3 is 4.90 Å². The van der Waals surface area contributed by atoms with Crippen LogP contribution >= 0.6 is 0 Å². The molecule has 0 aliphatic carbocycles. The van der Waals surface area contributed by atoms with E-state index in [9.17, 15) is 0 Å². The summed E-state index contributed by atoms with van der Waals surface area (Å²) in [6.07, 6.45) is 4.25. The Kier molecular flexibility index (Phi) is 1.53. The molecule has 2 nitrogen and oxygen atoms in total. The number of hydrogen-bond donors (Lipinski definition) is 0. The lowest BCUT2D eigenvalue weighted by Gasteiger charge is -2.25. The highest BCUT2D eigenvalue weighted by Crippen LogP contribution is 2.22. The largest absolute Gasteiger partial charge is 0.373 e. The van der Waals surface area contributed by atoms with Gasteiger partial charge in [0.05, 0.1) is 11.4 Å².